The van der Waals surface area contributed by atoms with Crippen LogP contribution in [-0.4, -0.2) is 88.7 Å². The number of nitrogens with two attached hydrogens (primary N) is 1. The highest BCUT2D eigenvalue weighted by Gasteiger charge is 2.29. The number of carboxylic acid groups (broad SMARTS) is 1. The van der Waals surface area contributed by atoms with Crippen LogP contribution in [0.25, 0.3) is 31.6 Å². The molecule has 2 fully saturated rings. The first-order valence-electron chi connectivity index (χ1n) is 34.2. The number of amides is 4. The Hall–Kier alpha value is -12.4. The third-order valence-corrected chi connectivity index (χ3v) is 16.5. The lowest BCUT2D eigenvalue weighted by Gasteiger charge is -2.21. The van der Waals surface area contributed by atoms with E-state index in [0.717, 1.165) is 52.0 Å². The Morgan fingerprint density at radius 3 is 1.20 bits per heavy atom. The summed E-state index contributed by atoms with van der Waals surface area (Å²) in [5.41, 5.74) is 12.3. The van der Waals surface area contributed by atoms with E-state index < -0.39 is 52.8 Å². The molecular weight excluding hydrogens is 1390 g/mol. The second kappa shape index (κ2) is 35.9. The fraction of sp³-hybridized carbons (Fsp3) is 0.263. The maximum atomic E-state index is 15.1. The number of alkyl carbamates (subject to hydrolysis) is 2. The third-order valence-electron chi connectivity index (χ3n) is 16.5. The maximum absolute atomic E-state index is 15.1. The Labute approximate surface area is 624 Å². The Kier molecular flexibility index (Phi) is 26.4. The fourth-order valence-electron chi connectivity index (χ4n) is 11.1. The fourth-order valence-corrected chi connectivity index (χ4v) is 11.1. The van der Waals surface area contributed by atoms with Crippen molar-refractivity contribution in [2.24, 2.45) is 17.6 Å². The first-order valence-corrected chi connectivity index (χ1v) is 34.2. The number of carboxylic acids is 1. The van der Waals surface area contributed by atoms with Crippen molar-refractivity contribution in [3.8, 4) is 17.1 Å². The molecule has 24 nitrogen and oxygen atoms in total. The lowest BCUT2D eigenvalue weighted by atomic mass is 9.97. The predicted molar refractivity (Wildman–Crippen MR) is 404 cm³/mol. The highest BCUT2D eigenvalue weighted by Crippen LogP contribution is 2.34. The monoisotopic (exact) mass is 1470 g/mol. The molecule has 2 aliphatic rings. The van der Waals surface area contributed by atoms with Crippen LogP contribution in [0.2, 0.25) is 0 Å². The zero-order chi connectivity index (χ0) is 75.7. The number of hydrogen-bond acceptors (Lipinski definition) is 13. The van der Waals surface area contributed by atoms with Gasteiger partial charge in [-0.3, -0.25) is 9.59 Å². The molecule has 2 unspecified atom stereocenters. The highest BCUT2D eigenvalue weighted by molar-refractivity contribution is 6.05. The number of anilines is 2. The first kappa shape index (κ1) is 78.8. The van der Waals surface area contributed by atoms with Crippen LogP contribution in [0.1, 0.15) is 150 Å². The molecule has 550 valence electrons. The summed E-state index contributed by atoms with van der Waals surface area (Å²) in [6, 6.07) is 54.1. The minimum atomic E-state index is -1.18. The van der Waals surface area contributed by atoms with Gasteiger partial charge in [-0.05, 0) is 219 Å². The number of benzene rings is 7. The van der Waals surface area contributed by atoms with Gasteiger partial charge in [-0.2, -0.15) is 14.0 Å². The van der Waals surface area contributed by atoms with Crippen molar-refractivity contribution in [3.05, 3.63) is 290 Å². The minimum Gasteiger partial charge on any atom is -0.476 e. The molecule has 107 heavy (non-hydrogen) atoms. The number of aromatic nitrogens is 6. The van der Waals surface area contributed by atoms with E-state index in [1.54, 1.807) is 133 Å². The van der Waals surface area contributed by atoms with Crippen molar-refractivity contribution < 1.29 is 47.3 Å². The van der Waals surface area contributed by atoms with Crippen molar-refractivity contribution in [2.45, 2.75) is 110 Å². The SMILES string of the molecule is Cl.[C-]#[N+]c1cc(C(=O)Nc2cc(C(NCC3CC3)c3ccccc3)ccc2F)n(-c2cccc(CN)c2)n1.[C-]#[N+]c1cc(C(=O)Nc2cc(C(NCC3CC3)c3ccccc3)ccc2F)n(-c2cccc(CNC(=O)OC(C)(C)C)c2)n1.[C-]#[N+]c1cc(C(=O)O)n(-c2cccc(CNC(=O)OC(C)(C)C)c2)n1. The van der Waals surface area contributed by atoms with Gasteiger partial charge in [-0.1, -0.05) is 129 Å². The van der Waals surface area contributed by atoms with Gasteiger partial charge in [0.2, 0.25) is 0 Å². The van der Waals surface area contributed by atoms with Gasteiger partial charge < -0.3 is 66.7 Å². The molecule has 0 radical (unpaired) electrons. The molecule has 0 saturated heterocycles. The van der Waals surface area contributed by atoms with Crippen LogP contribution in [0.3, 0.4) is 0 Å². The van der Waals surface area contributed by atoms with E-state index in [9.17, 15) is 33.5 Å². The van der Waals surface area contributed by atoms with Crippen LogP contribution in [0.4, 0.5) is 47.2 Å². The van der Waals surface area contributed by atoms with Gasteiger partial charge in [0.05, 0.1) is 40.5 Å². The number of rotatable bonds is 23. The summed E-state index contributed by atoms with van der Waals surface area (Å²) in [6.45, 7) is 34.9. The molecule has 2 aliphatic carbocycles. The van der Waals surface area contributed by atoms with Gasteiger partial charge in [-0.25, -0.2) is 23.2 Å². The van der Waals surface area contributed by atoms with Crippen molar-refractivity contribution in [1.29, 1.82) is 0 Å². The average Bonchev–Trinajstić information content (AvgIpc) is 1.74. The number of carbonyl (C=O) groups excluding carboxylic acids is 4. The zero-order valence-electron chi connectivity index (χ0n) is 59.6. The number of nitrogens with one attached hydrogen (secondary N) is 6. The smallest absolute Gasteiger partial charge is 0.407 e. The summed E-state index contributed by atoms with van der Waals surface area (Å²) in [4.78, 5) is 72.0. The first-order chi connectivity index (χ1) is 50.8. The number of ether oxygens (including phenoxy) is 2. The molecule has 2 atom stereocenters. The lowest BCUT2D eigenvalue weighted by Crippen LogP contribution is -2.32. The number of hydrogen-bond donors (Lipinski definition) is 8. The van der Waals surface area contributed by atoms with Crippen LogP contribution in [0.15, 0.2) is 188 Å². The minimum absolute atomic E-state index is 0. The van der Waals surface area contributed by atoms with Gasteiger partial charge in [0.15, 0.2) is 5.69 Å². The quantitative estimate of drug-likeness (QED) is 0.0277. The van der Waals surface area contributed by atoms with Gasteiger partial charge in [-0.15, -0.1) is 12.4 Å². The number of halogens is 3. The Morgan fingerprint density at radius 1 is 0.495 bits per heavy atom. The van der Waals surface area contributed by atoms with Crippen molar-refractivity contribution in [2.75, 3.05) is 23.7 Å². The number of nitrogens with zero attached hydrogens (tertiary/aromatic N) is 9. The molecule has 2 saturated carbocycles. The lowest BCUT2D eigenvalue weighted by molar-refractivity contribution is 0.0512. The van der Waals surface area contributed by atoms with Crippen LogP contribution in [0, 0.1) is 43.2 Å². The molecule has 4 amide bonds. The van der Waals surface area contributed by atoms with E-state index >= 15 is 4.39 Å². The van der Waals surface area contributed by atoms with Crippen LogP contribution >= 0.6 is 12.4 Å². The summed E-state index contributed by atoms with van der Waals surface area (Å²) in [6.07, 6.45) is 3.73. The van der Waals surface area contributed by atoms with Gasteiger partial charge >= 0.3 is 18.2 Å². The summed E-state index contributed by atoms with van der Waals surface area (Å²) in [5.74, 6) is -2.13. The van der Waals surface area contributed by atoms with Crippen LogP contribution in [-0.2, 0) is 29.1 Å². The second-order valence-electron chi connectivity index (χ2n) is 27.2. The topological polar surface area (TPSA) is 289 Å². The molecule has 27 heteroatoms. The summed E-state index contributed by atoms with van der Waals surface area (Å²) in [5, 5.41) is 39.7. The Balaban J connectivity index is 0.000000191. The molecule has 9 N–H and O–H groups in total. The number of carbonyl (C=O) groups is 5. The van der Waals surface area contributed by atoms with Gasteiger partial charge in [0.25, 0.3) is 29.3 Å². The van der Waals surface area contributed by atoms with E-state index in [2.05, 4.69) is 61.7 Å². The number of aromatic carboxylic acids is 1. The normalized spacial score (nSPS) is 12.8. The summed E-state index contributed by atoms with van der Waals surface area (Å²) >= 11 is 0. The van der Waals surface area contributed by atoms with E-state index in [1.165, 1.54) is 70.1 Å². The molecular formula is C80H81ClF2N16O8. The second-order valence-corrected chi connectivity index (χ2v) is 27.2. The van der Waals surface area contributed by atoms with Crippen molar-refractivity contribution >= 4 is 71.2 Å². The van der Waals surface area contributed by atoms with E-state index in [4.69, 9.17) is 34.9 Å². The van der Waals surface area contributed by atoms with Gasteiger partial charge in [0, 0.05) is 25.7 Å². The molecule has 7 aromatic carbocycles. The maximum Gasteiger partial charge on any atom is 0.407 e. The molecule has 0 bridgehead atoms. The molecule has 3 heterocycles. The Morgan fingerprint density at radius 2 is 0.850 bits per heavy atom. The molecule has 12 rings (SSSR count). The van der Waals surface area contributed by atoms with Gasteiger partial charge in [0.1, 0.15) is 34.2 Å². The molecule has 3 aromatic heterocycles. The largest absolute Gasteiger partial charge is 0.476 e. The summed E-state index contributed by atoms with van der Waals surface area (Å²) in [7, 11) is 0. The molecule has 0 aliphatic heterocycles. The van der Waals surface area contributed by atoms with E-state index in [-0.39, 0.29) is 83.5 Å². The standard InChI is InChI=1S/C34H35FN6O3.C29H27FN6O.C17H18N4O4.ClH/c1-34(2,3)44-33(43)38-21-23-9-8-12-26(17-23)41-29(19-30(36-4)40-41)32(42)39-28-18-25(15-16-27(28)35)31(37-20-22-13-14-22)24-10-6-5-7-11-24;1-32-27-16-26(36(35-27)23-9-5-6-20(14-23)17-31)29(37)34-25-15-22(12-13-24(25)30)28(33-18-19-10-11-19)21-7-3-2-4-8-21;1-17(2,3)25-16(24)19-10-11-6-5-7-12(8-11)21-13(15(22)23)9-14(18-4)20-21;/h5-12,15-19,22,31,37H,13-14,20-21H2,1-3H3,(H,38,43)(H,39,42);2-9,12-16,19,28,33H,10-11,17-18,31H2,(H,34,37);5-9H,10H2,1-3H3,(H,19,24)(H,22,23);1H. The third kappa shape index (κ3) is 22.3. The van der Waals surface area contributed by atoms with Crippen LogP contribution in [0.5, 0.6) is 0 Å². The van der Waals surface area contributed by atoms with E-state index in [1.807, 2.05) is 66.7 Å². The Bertz CT molecular complexity index is 4950. The predicted octanol–water partition coefficient (Wildman–Crippen LogP) is 15.9. The van der Waals surface area contributed by atoms with Crippen molar-refractivity contribution in [3.63, 3.8) is 0 Å². The van der Waals surface area contributed by atoms with Crippen molar-refractivity contribution in [1.82, 2.24) is 50.6 Å². The molecule has 10 aromatic rings. The molecule has 0 spiro atoms. The van der Waals surface area contributed by atoms with E-state index in [0.29, 0.717) is 35.4 Å². The summed E-state index contributed by atoms with van der Waals surface area (Å²) < 4.78 is 44.4. The average molecular weight is 1470 g/mol. The van der Waals surface area contributed by atoms with Crippen LogP contribution < -0.4 is 37.6 Å². The zero-order valence-corrected chi connectivity index (χ0v) is 60.5. The highest BCUT2D eigenvalue weighted by atomic mass is 35.5.